The van der Waals surface area contributed by atoms with Gasteiger partial charge in [-0.15, -0.1) is 0 Å². The van der Waals surface area contributed by atoms with E-state index in [-0.39, 0.29) is 12.0 Å². The highest BCUT2D eigenvalue weighted by atomic mass is 32.2. The first-order chi connectivity index (χ1) is 15.1. The normalized spacial score (nSPS) is 16.3. The topological polar surface area (TPSA) is 83.3 Å². The van der Waals surface area contributed by atoms with Gasteiger partial charge in [-0.3, -0.25) is 4.79 Å². The van der Waals surface area contributed by atoms with Gasteiger partial charge in [0.2, 0.25) is 0 Å². The number of hydrogen-bond acceptors (Lipinski definition) is 6. The number of anilines is 1. The molecule has 1 atom stereocenters. The first-order valence-corrected chi connectivity index (χ1v) is 11.4. The molecule has 3 heterocycles. The van der Waals surface area contributed by atoms with Gasteiger partial charge in [-0.25, -0.2) is 9.97 Å². The minimum absolute atomic E-state index is 0.101. The molecule has 31 heavy (non-hydrogen) atoms. The van der Waals surface area contributed by atoms with Crippen LogP contribution < -0.4 is 10.2 Å². The third-order valence-electron chi connectivity index (χ3n) is 5.32. The lowest BCUT2D eigenvalue weighted by Gasteiger charge is -2.31. The number of aromatic nitrogens is 3. The SMILES string of the molecule is Cn1ccnc1SCc1cccc(C(=O)NCc2ccnc(N3CCCC(O)C3)c2)c1. The second-order valence-electron chi connectivity index (χ2n) is 7.76. The maximum absolute atomic E-state index is 12.7. The van der Waals surface area contributed by atoms with Gasteiger partial charge in [0.1, 0.15) is 5.82 Å². The fraction of sp³-hybridized carbons (Fsp3) is 0.348. The van der Waals surface area contributed by atoms with E-state index >= 15 is 0 Å². The summed E-state index contributed by atoms with van der Waals surface area (Å²) in [6.07, 6.45) is 6.95. The molecule has 0 bridgehead atoms. The van der Waals surface area contributed by atoms with Gasteiger partial charge in [0.05, 0.1) is 6.10 Å². The summed E-state index contributed by atoms with van der Waals surface area (Å²) in [4.78, 5) is 23.5. The van der Waals surface area contributed by atoms with Gasteiger partial charge in [-0.05, 0) is 48.2 Å². The van der Waals surface area contributed by atoms with Crippen LogP contribution >= 0.6 is 11.8 Å². The Labute approximate surface area is 186 Å². The van der Waals surface area contributed by atoms with E-state index in [1.165, 1.54) is 0 Å². The van der Waals surface area contributed by atoms with Crippen molar-refractivity contribution < 1.29 is 9.90 Å². The van der Waals surface area contributed by atoms with E-state index in [1.54, 1.807) is 24.2 Å². The molecular formula is C23H27N5O2S. The fourth-order valence-corrected chi connectivity index (χ4v) is 4.51. The third-order valence-corrected chi connectivity index (χ3v) is 6.45. The lowest BCUT2D eigenvalue weighted by molar-refractivity contribution is 0.0951. The van der Waals surface area contributed by atoms with Crippen LogP contribution in [0.5, 0.6) is 0 Å². The fourth-order valence-electron chi connectivity index (χ4n) is 3.63. The average molecular weight is 438 g/mol. The number of carbonyl (C=O) groups excluding carboxylic acids is 1. The molecular weight excluding hydrogens is 410 g/mol. The summed E-state index contributed by atoms with van der Waals surface area (Å²) in [7, 11) is 1.97. The van der Waals surface area contributed by atoms with Crippen LogP contribution in [0, 0.1) is 0 Å². The van der Waals surface area contributed by atoms with Crippen molar-refractivity contribution in [3.63, 3.8) is 0 Å². The second-order valence-corrected chi connectivity index (χ2v) is 8.70. The van der Waals surface area contributed by atoms with Crippen LogP contribution in [0.1, 0.15) is 34.3 Å². The largest absolute Gasteiger partial charge is 0.391 e. The summed E-state index contributed by atoms with van der Waals surface area (Å²) in [6.45, 7) is 1.92. The molecule has 2 N–H and O–H groups in total. The third kappa shape index (κ3) is 5.65. The van der Waals surface area contributed by atoms with Crippen molar-refractivity contribution in [1.29, 1.82) is 0 Å². The van der Waals surface area contributed by atoms with Crippen molar-refractivity contribution in [2.24, 2.45) is 7.05 Å². The van der Waals surface area contributed by atoms with Crippen LogP contribution in [-0.2, 0) is 19.3 Å². The zero-order valence-corrected chi connectivity index (χ0v) is 18.4. The minimum atomic E-state index is -0.304. The van der Waals surface area contributed by atoms with E-state index in [9.17, 15) is 9.90 Å². The second kappa shape index (κ2) is 9.98. The van der Waals surface area contributed by atoms with Gasteiger partial charge >= 0.3 is 0 Å². The Morgan fingerprint density at radius 3 is 2.94 bits per heavy atom. The summed E-state index contributed by atoms with van der Waals surface area (Å²) >= 11 is 1.64. The molecule has 1 fully saturated rings. The number of aryl methyl sites for hydroxylation is 1. The molecule has 1 amide bonds. The van der Waals surface area contributed by atoms with Crippen LogP contribution in [0.2, 0.25) is 0 Å². The zero-order valence-electron chi connectivity index (χ0n) is 17.6. The standard InChI is InChI=1S/C23H27N5O2S/c1-27-11-9-25-23(27)31-16-18-4-2-5-19(12-18)22(30)26-14-17-7-8-24-21(13-17)28-10-3-6-20(29)15-28/h2,4-5,7-9,11-13,20,29H,3,6,10,14-16H2,1H3,(H,26,30). The molecule has 1 aliphatic heterocycles. The number of imidazole rings is 1. The van der Waals surface area contributed by atoms with Crippen molar-refractivity contribution in [2.45, 2.75) is 36.4 Å². The van der Waals surface area contributed by atoms with Gasteiger partial charge < -0.3 is 19.9 Å². The van der Waals surface area contributed by atoms with Crippen LogP contribution in [0.15, 0.2) is 60.1 Å². The summed E-state index contributed by atoms with van der Waals surface area (Å²) < 4.78 is 1.98. The Bertz CT molecular complexity index is 1040. The number of β-amino-alcohol motifs (C(OH)–C–C–N with tert-alkyl or cyclic N) is 1. The molecule has 1 aliphatic rings. The van der Waals surface area contributed by atoms with E-state index in [4.69, 9.17) is 0 Å². The molecule has 3 aromatic rings. The van der Waals surface area contributed by atoms with Crippen LogP contribution in [0.3, 0.4) is 0 Å². The number of amides is 1. The summed E-state index contributed by atoms with van der Waals surface area (Å²) in [5.74, 6) is 1.50. The molecule has 162 valence electrons. The number of pyridine rings is 1. The number of piperidine rings is 1. The molecule has 4 rings (SSSR count). The van der Waals surface area contributed by atoms with E-state index in [1.807, 2.05) is 54.2 Å². The molecule has 2 aromatic heterocycles. The quantitative estimate of drug-likeness (QED) is 0.553. The molecule has 7 nitrogen and oxygen atoms in total. The molecule has 0 aliphatic carbocycles. The first kappa shape index (κ1) is 21.4. The highest BCUT2D eigenvalue weighted by molar-refractivity contribution is 7.98. The number of carbonyl (C=O) groups is 1. The predicted octanol–water partition coefficient (Wildman–Crippen LogP) is 3.00. The molecule has 0 radical (unpaired) electrons. The Balaban J connectivity index is 1.34. The maximum Gasteiger partial charge on any atom is 0.251 e. The lowest BCUT2D eigenvalue weighted by atomic mass is 10.1. The Hall–Kier alpha value is -2.84. The molecule has 0 spiro atoms. The summed E-state index contributed by atoms with van der Waals surface area (Å²) in [6, 6.07) is 11.6. The molecule has 1 unspecified atom stereocenters. The van der Waals surface area contributed by atoms with Crippen LogP contribution in [0.25, 0.3) is 0 Å². The Kier molecular flexibility index (Phi) is 6.89. The number of aliphatic hydroxyl groups excluding tert-OH is 1. The van der Waals surface area contributed by atoms with Gasteiger partial charge in [-0.1, -0.05) is 23.9 Å². The van der Waals surface area contributed by atoms with Gasteiger partial charge in [0.25, 0.3) is 5.91 Å². The van der Waals surface area contributed by atoms with Gasteiger partial charge in [-0.2, -0.15) is 0 Å². The number of rotatable bonds is 7. The van der Waals surface area contributed by atoms with Crippen LogP contribution in [0.4, 0.5) is 5.82 Å². The minimum Gasteiger partial charge on any atom is -0.391 e. The van der Waals surface area contributed by atoms with Gasteiger partial charge in [0, 0.05) is 56.6 Å². The number of hydrogen-bond donors (Lipinski definition) is 2. The average Bonchev–Trinajstić information content (AvgIpc) is 3.21. The van der Waals surface area contributed by atoms with Crippen LogP contribution in [-0.4, -0.2) is 44.7 Å². The number of thioether (sulfide) groups is 1. The van der Waals surface area contributed by atoms with Gasteiger partial charge in [0.15, 0.2) is 5.16 Å². The number of benzene rings is 1. The molecule has 0 saturated carbocycles. The lowest BCUT2D eigenvalue weighted by Crippen LogP contribution is -2.38. The highest BCUT2D eigenvalue weighted by Crippen LogP contribution is 2.21. The van der Waals surface area contributed by atoms with Crippen molar-refractivity contribution in [2.75, 3.05) is 18.0 Å². The van der Waals surface area contributed by atoms with E-state index in [0.29, 0.717) is 18.7 Å². The zero-order chi connectivity index (χ0) is 21.6. The Morgan fingerprint density at radius 2 is 2.13 bits per heavy atom. The summed E-state index contributed by atoms with van der Waals surface area (Å²) in [5, 5.41) is 13.9. The first-order valence-electron chi connectivity index (χ1n) is 10.4. The highest BCUT2D eigenvalue weighted by Gasteiger charge is 2.19. The smallest absolute Gasteiger partial charge is 0.251 e. The van der Waals surface area contributed by atoms with Crippen molar-refractivity contribution in [3.8, 4) is 0 Å². The summed E-state index contributed by atoms with van der Waals surface area (Å²) in [5.41, 5.74) is 2.71. The van der Waals surface area contributed by atoms with Crippen molar-refractivity contribution >= 4 is 23.5 Å². The molecule has 1 aromatic carbocycles. The molecule has 1 saturated heterocycles. The Morgan fingerprint density at radius 1 is 1.23 bits per heavy atom. The number of nitrogens with zero attached hydrogens (tertiary/aromatic N) is 4. The monoisotopic (exact) mass is 437 g/mol. The maximum atomic E-state index is 12.7. The predicted molar refractivity (Wildman–Crippen MR) is 122 cm³/mol. The van der Waals surface area contributed by atoms with Crippen molar-refractivity contribution in [1.82, 2.24) is 19.9 Å². The number of aliphatic hydroxyl groups is 1. The number of nitrogens with one attached hydrogen (secondary N) is 1. The van der Waals surface area contributed by atoms with E-state index in [2.05, 4.69) is 20.2 Å². The van der Waals surface area contributed by atoms with E-state index in [0.717, 1.165) is 47.2 Å². The molecule has 8 heteroatoms. The van der Waals surface area contributed by atoms with Crippen molar-refractivity contribution in [3.05, 3.63) is 71.7 Å². The van der Waals surface area contributed by atoms with E-state index < -0.39 is 0 Å².